The number of pyridine rings is 1. The monoisotopic (exact) mass is 316 g/mol. The highest BCUT2D eigenvalue weighted by Gasteiger charge is 2.13. The standard InChI is InChI=1S/C15H10ClFN4O/c16-12-7-10(17)1-2-11(12)15(22)19-14-8-13(20-21-14)9-3-5-18-6-4-9/h1-8H,(H2,19,20,21,22). The molecule has 0 aliphatic carbocycles. The van der Waals surface area contributed by atoms with Crippen LogP contribution in [0, 0.1) is 5.82 Å². The highest BCUT2D eigenvalue weighted by molar-refractivity contribution is 6.34. The van der Waals surface area contributed by atoms with Gasteiger partial charge in [0, 0.05) is 24.0 Å². The first kappa shape index (κ1) is 14.2. The molecule has 0 aliphatic heterocycles. The summed E-state index contributed by atoms with van der Waals surface area (Å²) in [6, 6.07) is 8.90. The molecule has 0 bridgehead atoms. The maximum absolute atomic E-state index is 13.0. The van der Waals surface area contributed by atoms with Crippen LogP contribution < -0.4 is 5.32 Å². The second kappa shape index (κ2) is 5.95. The Morgan fingerprint density at radius 3 is 2.68 bits per heavy atom. The Kier molecular flexibility index (Phi) is 3.84. The van der Waals surface area contributed by atoms with E-state index >= 15 is 0 Å². The Balaban J connectivity index is 1.79. The molecule has 2 N–H and O–H groups in total. The Morgan fingerprint density at radius 1 is 1.18 bits per heavy atom. The normalized spacial score (nSPS) is 10.5. The van der Waals surface area contributed by atoms with Crippen LogP contribution in [0.5, 0.6) is 0 Å². The first-order chi connectivity index (χ1) is 10.6. The van der Waals surface area contributed by atoms with Crippen molar-refractivity contribution in [3.8, 4) is 11.3 Å². The van der Waals surface area contributed by atoms with Crippen molar-refractivity contribution >= 4 is 23.3 Å². The van der Waals surface area contributed by atoms with E-state index in [0.717, 1.165) is 17.3 Å². The SMILES string of the molecule is O=C(Nc1cc(-c2ccncc2)[nH]n1)c1ccc(F)cc1Cl. The van der Waals surface area contributed by atoms with Crippen LogP contribution >= 0.6 is 11.6 Å². The van der Waals surface area contributed by atoms with Gasteiger partial charge in [-0.2, -0.15) is 5.10 Å². The molecule has 0 saturated heterocycles. The number of benzene rings is 1. The van der Waals surface area contributed by atoms with Gasteiger partial charge < -0.3 is 5.32 Å². The van der Waals surface area contributed by atoms with Crippen molar-refractivity contribution in [1.82, 2.24) is 15.2 Å². The van der Waals surface area contributed by atoms with E-state index in [9.17, 15) is 9.18 Å². The number of H-pyrrole nitrogens is 1. The molecule has 2 heterocycles. The van der Waals surface area contributed by atoms with Gasteiger partial charge in [0.2, 0.25) is 0 Å². The van der Waals surface area contributed by atoms with Gasteiger partial charge in [-0.1, -0.05) is 11.6 Å². The van der Waals surface area contributed by atoms with Crippen molar-refractivity contribution in [3.05, 3.63) is 65.2 Å². The maximum atomic E-state index is 13.0. The summed E-state index contributed by atoms with van der Waals surface area (Å²) in [5, 5.41) is 9.48. The summed E-state index contributed by atoms with van der Waals surface area (Å²) in [5.41, 5.74) is 1.81. The molecule has 0 aliphatic rings. The predicted molar refractivity (Wildman–Crippen MR) is 81.2 cm³/mol. The zero-order valence-corrected chi connectivity index (χ0v) is 11.9. The van der Waals surface area contributed by atoms with Crippen LogP contribution in [-0.4, -0.2) is 21.1 Å². The molecule has 3 rings (SSSR count). The molecule has 0 spiro atoms. The number of aromatic nitrogens is 3. The Bertz CT molecular complexity index is 819. The minimum absolute atomic E-state index is 0.0439. The largest absolute Gasteiger partial charge is 0.305 e. The molecule has 110 valence electrons. The van der Waals surface area contributed by atoms with Gasteiger partial charge in [-0.15, -0.1) is 0 Å². The molecule has 2 aromatic heterocycles. The summed E-state index contributed by atoms with van der Waals surface area (Å²) in [6.07, 6.45) is 3.32. The van der Waals surface area contributed by atoms with Crippen LogP contribution in [0.4, 0.5) is 10.2 Å². The van der Waals surface area contributed by atoms with Gasteiger partial charge in [0.05, 0.1) is 16.3 Å². The minimum Gasteiger partial charge on any atom is -0.305 e. The summed E-state index contributed by atoms with van der Waals surface area (Å²) in [4.78, 5) is 16.0. The molecular formula is C15H10ClFN4O. The lowest BCUT2D eigenvalue weighted by Gasteiger charge is -2.03. The molecule has 0 radical (unpaired) electrons. The zero-order chi connectivity index (χ0) is 15.5. The first-order valence-corrected chi connectivity index (χ1v) is 6.73. The second-order valence-corrected chi connectivity index (χ2v) is 4.89. The zero-order valence-electron chi connectivity index (χ0n) is 11.2. The number of nitrogens with one attached hydrogen (secondary N) is 2. The lowest BCUT2D eigenvalue weighted by Crippen LogP contribution is -2.12. The lowest BCUT2D eigenvalue weighted by molar-refractivity contribution is 0.102. The highest BCUT2D eigenvalue weighted by atomic mass is 35.5. The smallest absolute Gasteiger partial charge is 0.258 e. The molecule has 0 unspecified atom stereocenters. The van der Waals surface area contributed by atoms with E-state index in [2.05, 4.69) is 20.5 Å². The van der Waals surface area contributed by atoms with E-state index in [1.807, 2.05) is 12.1 Å². The molecule has 0 fully saturated rings. The fourth-order valence-corrected chi connectivity index (χ4v) is 2.18. The number of halogens is 2. The van der Waals surface area contributed by atoms with E-state index in [-0.39, 0.29) is 10.6 Å². The molecule has 7 heteroatoms. The van der Waals surface area contributed by atoms with E-state index in [1.54, 1.807) is 18.5 Å². The van der Waals surface area contributed by atoms with Gasteiger partial charge in [-0.3, -0.25) is 14.9 Å². The third kappa shape index (κ3) is 2.96. The fourth-order valence-electron chi connectivity index (χ4n) is 1.92. The molecule has 5 nitrogen and oxygen atoms in total. The molecular weight excluding hydrogens is 307 g/mol. The summed E-state index contributed by atoms with van der Waals surface area (Å²) in [7, 11) is 0. The van der Waals surface area contributed by atoms with Crippen molar-refractivity contribution in [3.63, 3.8) is 0 Å². The number of rotatable bonds is 3. The van der Waals surface area contributed by atoms with Crippen molar-refractivity contribution in [2.75, 3.05) is 5.32 Å². The highest BCUT2D eigenvalue weighted by Crippen LogP contribution is 2.21. The van der Waals surface area contributed by atoms with E-state index in [0.29, 0.717) is 5.82 Å². The van der Waals surface area contributed by atoms with Gasteiger partial charge in [-0.05, 0) is 30.3 Å². The lowest BCUT2D eigenvalue weighted by atomic mass is 10.2. The van der Waals surface area contributed by atoms with Crippen LogP contribution in [0.3, 0.4) is 0 Å². The Morgan fingerprint density at radius 2 is 1.95 bits per heavy atom. The number of carbonyl (C=O) groups excluding carboxylic acids is 1. The average molecular weight is 317 g/mol. The van der Waals surface area contributed by atoms with Gasteiger partial charge in [0.1, 0.15) is 5.82 Å². The third-order valence-corrected chi connectivity index (χ3v) is 3.30. The summed E-state index contributed by atoms with van der Waals surface area (Å²) < 4.78 is 13.0. The van der Waals surface area contributed by atoms with Gasteiger partial charge in [0.25, 0.3) is 5.91 Å². The average Bonchev–Trinajstić information content (AvgIpc) is 2.96. The molecule has 0 saturated carbocycles. The Hall–Kier alpha value is -2.73. The van der Waals surface area contributed by atoms with E-state index in [1.165, 1.54) is 12.1 Å². The van der Waals surface area contributed by atoms with Crippen molar-refractivity contribution in [1.29, 1.82) is 0 Å². The molecule has 1 amide bonds. The first-order valence-electron chi connectivity index (χ1n) is 6.36. The van der Waals surface area contributed by atoms with Crippen LogP contribution in [0.15, 0.2) is 48.8 Å². The van der Waals surface area contributed by atoms with Crippen LogP contribution in [0.25, 0.3) is 11.3 Å². The topological polar surface area (TPSA) is 70.7 Å². The van der Waals surface area contributed by atoms with E-state index in [4.69, 9.17) is 11.6 Å². The number of hydrogen-bond donors (Lipinski definition) is 2. The van der Waals surface area contributed by atoms with Crippen LogP contribution in [0.1, 0.15) is 10.4 Å². The summed E-state index contributed by atoms with van der Waals surface area (Å²) in [6.45, 7) is 0. The number of hydrogen-bond acceptors (Lipinski definition) is 3. The molecule has 3 aromatic rings. The van der Waals surface area contributed by atoms with Crippen molar-refractivity contribution in [2.24, 2.45) is 0 Å². The second-order valence-electron chi connectivity index (χ2n) is 4.48. The van der Waals surface area contributed by atoms with Crippen LogP contribution in [0.2, 0.25) is 5.02 Å². The number of carbonyl (C=O) groups is 1. The summed E-state index contributed by atoms with van der Waals surface area (Å²) >= 11 is 5.86. The van der Waals surface area contributed by atoms with Gasteiger partial charge >= 0.3 is 0 Å². The Labute approximate surface area is 130 Å². The fraction of sp³-hybridized carbons (Fsp3) is 0. The minimum atomic E-state index is -0.499. The van der Waals surface area contributed by atoms with Gasteiger partial charge in [0.15, 0.2) is 5.82 Å². The number of nitrogens with zero attached hydrogens (tertiary/aromatic N) is 2. The third-order valence-electron chi connectivity index (χ3n) is 2.99. The van der Waals surface area contributed by atoms with Crippen molar-refractivity contribution in [2.45, 2.75) is 0 Å². The number of amides is 1. The number of aromatic amines is 1. The maximum Gasteiger partial charge on any atom is 0.258 e. The van der Waals surface area contributed by atoms with E-state index < -0.39 is 11.7 Å². The quantitative estimate of drug-likeness (QED) is 0.776. The molecule has 0 atom stereocenters. The van der Waals surface area contributed by atoms with Crippen LogP contribution in [-0.2, 0) is 0 Å². The summed E-state index contributed by atoms with van der Waals surface area (Å²) in [5.74, 6) is -0.615. The molecule has 1 aromatic carbocycles. The van der Waals surface area contributed by atoms with Crippen molar-refractivity contribution < 1.29 is 9.18 Å². The number of anilines is 1. The van der Waals surface area contributed by atoms with Gasteiger partial charge in [-0.25, -0.2) is 4.39 Å². The predicted octanol–water partition coefficient (Wildman–Crippen LogP) is 3.52. The molecule has 22 heavy (non-hydrogen) atoms.